The molecule has 0 aromatic heterocycles. The molecule has 418 valence electrons. The molecule has 0 rings (SSSR count). The summed E-state index contributed by atoms with van der Waals surface area (Å²) in [6.45, 7) is 6.67. The molecule has 0 radical (unpaired) electrons. The molecule has 1 atom stereocenters. The number of hydrogen-bond donors (Lipinski definition) is 0. The van der Waals surface area contributed by atoms with Gasteiger partial charge in [0.1, 0.15) is 13.2 Å². The molecule has 0 aliphatic rings. The van der Waals surface area contributed by atoms with E-state index >= 15 is 0 Å². The summed E-state index contributed by atoms with van der Waals surface area (Å²) in [5.74, 6) is -0.853. The molecule has 6 heteroatoms. The van der Waals surface area contributed by atoms with Crippen molar-refractivity contribution in [3.63, 3.8) is 0 Å². The molecule has 0 amide bonds. The molecule has 0 aromatic carbocycles. The van der Waals surface area contributed by atoms with Crippen molar-refractivity contribution < 1.29 is 28.6 Å². The lowest BCUT2D eigenvalue weighted by molar-refractivity contribution is -0.167. The van der Waals surface area contributed by atoms with Crippen LogP contribution in [-0.2, 0) is 28.6 Å². The van der Waals surface area contributed by atoms with Gasteiger partial charge in [0.25, 0.3) is 0 Å². The molecule has 71 heavy (non-hydrogen) atoms. The van der Waals surface area contributed by atoms with E-state index in [-0.39, 0.29) is 31.1 Å². The smallest absolute Gasteiger partial charge is 0.306 e. The first-order valence-electron chi connectivity index (χ1n) is 31.9. The first-order chi connectivity index (χ1) is 35.0. The zero-order valence-corrected chi connectivity index (χ0v) is 48.0. The Labute approximate surface area is 443 Å². The second-order valence-electron chi connectivity index (χ2n) is 21.7. The third-order valence-electron chi connectivity index (χ3n) is 14.5. The molecule has 0 saturated carbocycles. The van der Waals surface area contributed by atoms with Crippen LogP contribution in [0.3, 0.4) is 0 Å². The van der Waals surface area contributed by atoms with E-state index in [2.05, 4.69) is 45.1 Å². The van der Waals surface area contributed by atoms with Gasteiger partial charge in [0.15, 0.2) is 6.10 Å². The lowest BCUT2D eigenvalue weighted by atomic mass is 10.0. The highest BCUT2D eigenvalue weighted by Crippen LogP contribution is 2.18. The summed E-state index contributed by atoms with van der Waals surface area (Å²) in [4.78, 5) is 38.3. The van der Waals surface area contributed by atoms with Crippen LogP contribution in [0.1, 0.15) is 355 Å². The Balaban J connectivity index is 4.31. The number of esters is 3. The molecule has 0 bridgehead atoms. The maximum Gasteiger partial charge on any atom is 0.306 e. The van der Waals surface area contributed by atoms with Crippen molar-refractivity contribution in [3.8, 4) is 0 Å². The van der Waals surface area contributed by atoms with Gasteiger partial charge in [-0.05, 0) is 44.9 Å². The quantitative estimate of drug-likeness (QED) is 0.0261. The normalized spacial score (nSPS) is 12.1. The number of carbonyl (C=O) groups excluding carboxylic acids is 3. The van der Waals surface area contributed by atoms with Gasteiger partial charge in [0.05, 0.1) is 0 Å². The SMILES string of the molecule is CCCCC/C=C\C=C/CCCCCCCCC(=O)OCC(COC(=O)CCCCCCCCCCCCCCCCCCCCC)OC(=O)CCCCCCCCCCCCCCCCCCCCC. The van der Waals surface area contributed by atoms with Crippen molar-refractivity contribution in [2.24, 2.45) is 0 Å². The molecule has 0 fully saturated rings. The molecular formula is C65H122O6. The van der Waals surface area contributed by atoms with E-state index in [1.54, 1.807) is 0 Å². The van der Waals surface area contributed by atoms with Crippen LogP contribution in [0.15, 0.2) is 24.3 Å². The number of rotatable bonds is 59. The molecule has 0 aliphatic heterocycles. The van der Waals surface area contributed by atoms with Crippen LogP contribution < -0.4 is 0 Å². The van der Waals surface area contributed by atoms with Gasteiger partial charge >= 0.3 is 17.9 Å². The molecule has 0 spiro atoms. The molecular weight excluding hydrogens is 877 g/mol. The lowest BCUT2D eigenvalue weighted by Gasteiger charge is -2.18. The number of carbonyl (C=O) groups is 3. The Morgan fingerprint density at radius 3 is 0.775 bits per heavy atom. The summed E-state index contributed by atoms with van der Waals surface area (Å²) in [7, 11) is 0. The van der Waals surface area contributed by atoms with Crippen molar-refractivity contribution in [1.82, 2.24) is 0 Å². The zero-order valence-electron chi connectivity index (χ0n) is 48.0. The summed E-state index contributed by atoms with van der Waals surface area (Å²) in [6.07, 6.45) is 71.8. The van der Waals surface area contributed by atoms with Gasteiger partial charge in [-0.25, -0.2) is 0 Å². The molecule has 0 aliphatic carbocycles. The molecule has 0 heterocycles. The van der Waals surface area contributed by atoms with Crippen LogP contribution in [0.2, 0.25) is 0 Å². The maximum absolute atomic E-state index is 12.9. The van der Waals surface area contributed by atoms with Gasteiger partial charge in [-0.2, -0.15) is 0 Å². The standard InChI is InChI=1S/C65H122O6/c1-4-7-10-13-16-19-22-25-28-30-32-34-37-40-43-46-49-52-55-58-64(67)70-61-62(60-69-63(66)57-54-51-48-45-42-39-36-27-24-21-18-15-12-9-6-3)71-65(68)59-56-53-50-47-44-41-38-35-33-31-29-26-23-20-17-14-11-8-5-2/h18,21,24,27,62H,4-17,19-20,22-23,25-26,28-61H2,1-3H3/b21-18-,27-24-. The van der Waals surface area contributed by atoms with Gasteiger partial charge in [-0.1, -0.05) is 315 Å². The molecule has 1 unspecified atom stereocenters. The van der Waals surface area contributed by atoms with E-state index in [4.69, 9.17) is 14.2 Å². The molecule has 0 N–H and O–H groups in total. The van der Waals surface area contributed by atoms with Crippen LogP contribution in [0.25, 0.3) is 0 Å². The topological polar surface area (TPSA) is 78.9 Å². The van der Waals surface area contributed by atoms with Gasteiger partial charge in [0, 0.05) is 19.3 Å². The van der Waals surface area contributed by atoms with E-state index in [1.165, 1.54) is 250 Å². The third-order valence-corrected chi connectivity index (χ3v) is 14.5. The molecule has 6 nitrogen and oxygen atoms in total. The summed E-state index contributed by atoms with van der Waals surface area (Å²) < 4.78 is 16.9. The Kier molecular flexibility index (Phi) is 58.6. The Morgan fingerprint density at radius 1 is 0.282 bits per heavy atom. The van der Waals surface area contributed by atoms with Gasteiger partial charge in [-0.3, -0.25) is 14.4 Å². The summed E-state index contributed by atoms with van der Waals surface area (Å²) in [6, 6.07) is 0. The maximum atomic E-state index is 12.9. The van der Waals surface area contributed by atoms with Gasteiger partial charge in [-0.15, -0.1) is 0 Å². The number of allylic oxidation sites excluding steroid dienone is 4. The van der Waals surface area contributed by atoms with E-state index in [9.17, 15) is 14.4 Å². The summed E-state index contributed by atoms with van der Waals surface area (Å²) in [5, 5.41) is 0. The first kappa shape index (κ1) is 68.9. The van der Waals surface area contributed by atoms with E-state index < -0.39 is 6.10 Å². The minimum Gasteiger partial charge on any atom is -0.462 e. The van der Waals surface area contributed by atoms with Crippen LogP contribution in [0.5, 0.6) is 0 Å². The van der Waals surface area contributed by atoms with Gasteiger partial charge < -0.3 is 14.2 Å². The van der Waals surface area contributed by atoms with E-state index in [0.29, 0.717) is 19.3 Å². The Hall–Kier alpha value is -2.11. The molecule has 0 aromatic rings. The highest BCUT2D eigenvalue weighted by atomic mass is 16.6. The fourth-order valence-corrected chi connectivity index (χ4v) is 9.67. The minimum atomic E-state index is -0.772. The monoisotopic (exact) mass is 999 g/mol. The van der Waals surface area contributed by atoms with Crippen LogP contribution in [0, 0.1) is 0 Å². The minimum absolute atomic E-state index is 0.0688. The number of unbranched alkanes of at least 4 members (excludes halogenated alkanes) is 45. The number of hydrogen-bond acceptors (Lipinski definition) is 6. The van der Waals surface area contributed by atoms with Crippen molar-refractivity contribution in [2.45, 2.75) is 361 Å². The van der Waals surface area contributed by atoms with Crippen molar-refractivity contribution >= 4 is 17.9 Å². The van der Waals surface area contributed by atoms with Crippen LogP contribution >= 0.6 is 0 Å². The first-order valence-corrected chi connectivity index (χ1v) is 31.9. The van der Waals surface area contributed by atoms with Gasteiger partial charge in [0.2, 0.25) is 0 Å². The van der Waals surface area contributed by atoms with Crippen LogP contribution in [0.4, 0.5) is 0 Å². The summed E-state index contributed by atoms with van der Waals surface area (Å²) in [5.41, 5.74) is 0. The predicted molar refractivity (Wildman–Crippen MR) is 307 cm³/mol. The average Bonchev–Trinajstić information content (AvgIpc) is 3.37. The Morgan fingerprint density at radius 2 is 0.493 bits per heavy atom. The second kappa shape index (κ2) is 60.4. The van der Waals surface area contributed by atoms with E-state index in [0.717, 1.165) is 64.2 Å². The summed E-state index contributed by atoms with van der Waals surface area (Å²) >= 11 is 0. The predicted octanol–water partition coefficient (Wildman–Crippen LogP) is 21.4. The second-order valence-corrected chi connectivity index (χ2v) is 21.7. The Bertz CT molecular complexity index is 1150. The van der Waals surface area contributed by atoms with Crippen LogP contribution in [-0.4, -0.2) is 37.2 Å². The highest BCUT2D eigenvalue weighted by Gasteiger charge is 2.19. The van der Waals surface area contributed by atoms with Crippen molar-refractivity contribution in [1.29, 1.82) is 0 Å². The average molecular weight is 1000 g/mol. The highest BCUT2D eigenvalue weighted by molar-refractivity contribution is 5.71. The van der Waals surface area contributed by atoms with Crippen molar-refractivity contribution in [3.05, 3.63) is 24.3 Å². The third kappa shape index (κ3) is 58.7. The lowest BCUT2D eigenvalue weighted by Crippen LogP contribution is -2.30. The zero-order chi connectivity index (χ0) is 51.4. The largest absolute Gasteiger partial charge is 0.462 e. The van der Waals surface area contributed by atoms with E-state index in [1.807, 2.05) is 0 Å². The fourth-order valence-electron chi connectivity index (χ4n) is 9.67. The van der Waals surface area contributed by atoms with Crippen molar-refractivity contribution in [2.75, 3.05) is 13.2 Å². The number of ether oxygens (including phenoxy) is 3. The molecule has 0 saturated heterocycles. The fraction of sp³-hybridized carbons (Fsp3) is 0.892.